The molecule has 0 atom stereocenters. The van der Waals surface area contributed by atoms with E-state index >= 15 is 0 Å². The second-order valence-corrected chi connectivity index (χ2v) is 4.54. The van der Waals surface area contributed by atoms with Gasteiger partial charge < -0.3 is 0 Å². The highest BCUT2D eigenvalue weighted by Crippen LogP contribution is 2.14. The summed E-state index contributed by atoms with van der Waals surface area (Å²) >= 11 is 0. The molecule has 21 heavy (non-hydrogen) atoms. The summed E-state index contributed by atoms with van der Waals surface area (Å²) in [5, 5.41) is 19.2. The van der Waals surface area contributed by atoms with Crippen molar-refractivity contribution >= 4 is 17.1 Å². The highest BCUT2D eigenvalue weighted by Gasteiger charge is 2.14. The molecule has 0 aliphatic carbocycles. The first kappa shape index (κ1) is 13.0. The lowest BCUT2D eigenvalue weighted by Gasteiger charge is -2.01. The zero-order valence-electron chi connectivity index (χ0n) is 11.1. The van der Waals surface area contributed by atoms with Gasteiger partial charge in [-0.1, -0.05) is 47.7 Å². The molecule has 3 aromatic rings. The van der Waals surface area contributed by atoms with Crippen LogP contribution in [0, 0.1) is 10.1 Å². The Balaban J connectivity index is 1.96. The molecule has 0 saturated carbocycles. The molecular weight excluding hydrogens is 268 g/mol. The first-order valence-corrected chi connectivity index (χ1v) is 6.42. The van der Waals surface area contributed by atoms with Gasteiger partial charge >= 0.3 is 0 Å². The maximum absolute atomic E-state index is 11.2. The van der Waals surface area contributed by atoms with Crippen LogP contribution in [-0.4, -0.2) is 19.9 Å². The van der Waals surface area contributed by atoms with Crippen molar-refractivity contribution in [1.29, 1.82) is 0 Å². The Labute approximate surface area is 120 Å². The number of fused-ring (bicyclic) bond motifs is 1. The second kappa shape index (κ2) is 5.54. The fourth-order valence-corrected chi connectivity index (χ4v) is 2.09. The molecule has 2 aromatic carbocycles. The lowest BCUT2D eigenvalue weighted by Crippen LogP contribution is -2.09. The standard InChI is InChI=1S/C15H12N4O2/c20-19(21)13(10-12-6-2-1-3-7-12)11-18-15-9-5-4-8-14(15)16-17-18/h1-10H,11H2/b13-10-. The van der Waals surface area contributed by atoms with Crippen LogP contribution >= 0.6 is 0 Å². The number of hydrogen-bond acceptors (Lipinski definition) is 4. The Bertz CT molecular complexity index is 809. The van der Waals surface area contributed by atoms with Crippen LogP contribution in [0.4, 0.5) is 0 Å². The van der Waals surface area contributed by atoms with Gasteiger partial charge in [-0.25, -0.2) is 4.68 Å². The molecule has 0 radical (unpaired) electrons. The number of aromatic nitrogens is 3. The number of allylic oxidation sites excluding steroid dienone is 1. The number of rotatable bonds is 4. The molecule has 0 N–H and O–H groups in total. The Morgan fingerprint density at radius 3 is 2.62 bits per heavy atom. The average molecular weight is 280 g/mol. The van der Waals surface area contributed by atoms with Crippen molar-refractivity contribution in [2.45, 2.75) is 6.54 Å². The van der Waals surface area contributed by atoms with Crippen molar-refractivity contribution in [3.63, 3.8) is 0 Å². The van der Waals surface area contributed by atoms with Crippen LogP contribution in [0.5, 0.6) is 0 Å². The normalized spacial score (nSPS) is 11.7. The monoisotopic (exact) mass is 280 g/mol. The SMILES string of the molecule is O=[N+]([O-])/C(=C\c1ccccc1)Cn1nnc2ccccc21. The third-order valence-electron chi connectivity index (χ3n) is 3.10. The molecule has 1 aromatic heterocycles. The molecule has 6 heteroatoms. The Kier molecular flexibility index (Phi) is 3.42. The van der Waals surface area contributed by atoms with E-state index in [0.717, 1.165) is 16.6 Å². The average Bonchev–Trinajstić information content (AvgIpc) is 2.91. The van der Waals surface area contributed by atoms with Crippen LogP contribution in [-0.2, 0) is 6.54 Å². The third-order valence-corrected chi connectivity index (χ3v) is 3.10. The highest BCUT2D eigenvalue weighted by atomic mass is 16.6. The smallest absolute Gasteiger partial charge is 0.259 e. The number of hydrogen-bond donors (Lipinski definition) is 0. The third kappa shape index (κ3) is 2.79. The van der Waals surface area contributed by atoms with Crippen LogP contribution < -0.4 is 0 Å². The Morgan fingerprint density at radius 1 is 1.14 bits per heavy atom. The van der Waals surface area contributed by atoms with Gasteiger partial charge in [0.15, 0.2) is 0 Å². The van der Waals surface area contributed by atoms with Crippen LogP contribution in [0.15, 0.2) is 60.3 Å². The summed E-state index contributed by atoms with van der Waals surface area (Å²) in [4.78, 5) is 10.9. The van der Waals surface area contributed by atoms with Gasteiger partial charge in [0.1, 0.15) is 12.1 Å². The minimum atomic E-state index is -0.385. The molecule has 0 fully saturated rings. The fourth-order valence-electron chi connectivity index (χ4n) is 2.09. The van der Waals surface area contributed by atoms with E-state index in [-0.39, 0.29) is 17.2 Å². The van der Waals surface area contributed by atoms with E-state index in [1.54, 1.807) is 6.08 Å². The van der Waals surface area contributed by atoms with Crippen molar-refractivity contribution in [2.75, 3.05) is 0 Å². The van der Waals surface area contributed by atoms with Gasteiger partial charge in [0.25, 0.3) is 5.70 Å². The first-order chi connectivity index (χ1) is 10.2. The van der Waals surface area contributed by atoms with E-state index < -0.39 is 0 Å². The van der Waals surface area contributed by atoms with Gasteiger partial charge in [0.2, 0.25) is 0 Å². The molecule has 0 aliphatic heterocycles. The highest BCUT2D eigenvalue weighted by molar-refractivity contribution is 5.73. The molecule has 0 amide bonds. The van der Waals surface area contributed by atoms with Gasteiger partial charge in [-0.15, -0.1) is 5.10 Å². The molecule has 1 heterocycles. The van der Waals surface area contributed by atoms with Crippen LogP contribution in [0.2, 0.25) is 0 Å². The lowest BCUT2D eigenvalue weighted by molar-refractivity contribution is -0.427. The second-order valence-electron chi connectivity index (χ2n) is 4.54. The van der Waals surface area contributed by atoms with Gasteiger partial charge in [-0.3, -0.25) is 10.1 Å². The summed E-state index contributed by atoms with van der Waals surface area (Å²) in [6, 6.07) is 16.6. The van der Waals surface area contributed by atoms with Crippen LogP contribution in [0.1, 0.15) is 5.56 Å². The first-order valence-electron chi connectivity index (χ1n) is 6.42. The number of nitrogens with zero attached hydrogens (tertiary/aromatic N) is 4. The number of para-hydroxylation sites is 1. The maximum atomic E-state index is 11.2. The zero-order chi connectivity index (χ0) is 14.7. The van der Waals surface area contributed by atoms with Crippen molar-refractivity contribution < 1.29 is 4.92 Å². The summed E-state index contributed by atoms with van der Waals surface area (Å²) in [5.74, 6) is 0. The van der Waals surface area contributed by atoms with Crippen molar-refractivity contribution in [3.05, 3.63) is 76.0 Å². The molecule has 0 bridgehead atoms. The lowest BCUT2D eigenvalue weighted by atomic mass is 10.2. The van der Waals surface area contributed by atoms with Crippen molar-refractivity contribution in [1.82, 2.24) is 15.0 Å². The fraction of sp³-hybridized carbons (Fsp3) is 0.0667. The summed E-state index contributed by atoms with van der Waals surface area (Å²) in [7, 11) is 0. The largest absolute Gasteiger partial charge is 0.268 e. The maximum Gasteiger partial charge on any atom is 0.268 e. The van der Waals surface area contributed by atoms with Crippen LogP contribution in [0.3, 0.4) is 0 Å². The van der Waals surface area contributed by atoms with Gasteiger partial charge in [-0.2, -0.15) is 0 Å². The van der Waals surface area contributed by atoms with E-state index in [0.29, 0.717) is 0 Å². The predicted molar refractivity (Wildman–Crippen MR) is 78.9 cm³/mol. The predicted octanol–water partition coefficient (Wildman–Crippen LogP) is 2.75. The molecular formula is C15H12N4O2. The van der Waals surface area contributed by atoms with E-state index in [4.69, 9.17) is 0 Å². The quantitative estimate of drug-likeness (QED) is 0.544. The minimum absolute atomic E-state index is 0.0665. The van der Waals surface area contributed by atoms with E-state index in [2.05, 4.69) is 10.3 Å². The van der Waals surface area contributed by atoms with Gasteiger partial charge in [0.05, 0.1) is 10.4 Å². The van der Waals surface area contributed by atoms with E-state index in [9.17, 15) is 10.1 Å². The Hall–Kier alpha value is -3.02. The molecule has 0 aliphatic rings. The zero-order valence-corrected chi connectivity index (χ0v) is 11.1. The van der Waals surface area contributed by atoms with E-state index in [1.165, 1.54) is 4.68 Å². The number of benzene rings is 2. The molecule has 104 valence electrons. The van der Waals surface area contributed by atoms with Gasteiger partial charge in [0, 0.05) is 6.08 Å². The summed E-state index contributed by atoms with van der Waals surface area (Å²) < 4.78 is 1.53. The topological polar surface area (TPSA) is 73.8 Å². The molecule has 6 nitrogen and oxygen atoms in total. The molecule has 3 rings (SSSR count). The summed E-state index contributed by atoms with van der Waals surface area (Å²) in [5.41, 5.74) is 2.35. The van der Waals surface area contributed by atoms with Crippen molar-refractivity contribution in [2.24, 2.45) is 0 Å². The molecule has 0 spiro atoms. The summed E-state index contributed by atoms with van der Waals surface area (Å²) in [6.07, 6.45) is 1.55. The Morgan fingerprint density at radius 2 is 1.86 bits per heavy atom. The van der Waals surface area contributed by atoms with Crippen LogP contribution in [0.25, 0.3) is 17.1 Å². The van der Waals surface area contributed by atoms with Crippen molar-refractivity contribution in [3.8, 4) is 0 Å². The minimum Gasteiger partial charge on any atom is -0.259 e. The molecule has 0 unspecified atom stereocenters. The van der Waals surface area contributed by atoms with Gasteiger partial charge in [-0.05, 0) is 17.7 Å². The number of nitro groups is 1. The summed E-state index contributed by atoms with van der Waals surface area (Å²) in [6.45, 7) is 0.0718. The van der Waals surface area contributed by atoms with E-state index in [1.807, 2.05) is 54.6 Å². The molecule has 0 saturated heterocycles.